The molecule has 1 fully saturated rings. The molecule has 0 amide bonds. The lowest BCUT2D eigenvalue weighted by atomic mass is 9.66. The third-order valence-corrected chi connectivity index (χ3v) is 4.34. The zero-order chi connectivity index (χ0) is 14.2. The lowest BCUT2D eigenvalue weighted by molar-refractivity contribution is -0.546. The molecule has 0 N–H and O–H groups in total. The quantitative estimate of drug-likeness (QED) is 0.617. The molecule has 19 heavy (non-hydrogen) atoms. The van der Waals surface area contributed by atoms with E-state index in [0.717, 1.165) is 10.0 Å². The van der Waals surface area contributed by atoms with Crippen molar-refractivity contribution in [1.29, 1.82) is 0 Å². The predicted octanol–water partition coefficient (Wildman–Crippen LogP) is 3.57. The smallest absolute Gasteiger partial charge is 0.225 e. The molecule has 0 saturated heterocycles. The molecule has 0 aromatic heterocycles. The topological polar surface area (TPSA) is 60.2 Å². The van der Waals surface area contributed by atoms with E-state index < -0.39 is 11.5 Å². The van der Waals surface area contributed by atoms with Crippen molar-refractivity contribution in [3.05, 3.63) is 44.4 Å². The number of benzene rings is 1. The fourth-order valence-corrected chi connectivity index (χ4v) is 3.29. The van der Waals surface area contributed by atoms with Gasteiger partial charge in [0.25, 0.3) is 0 Å². The number of Topliss-reactive ketones (excluding diaryl/α,β-unsaturated/α-hetero) is 1. The highest BCUT2D eigenvalue weighted by Gasteiger charge is 2.50. The average Bonchev–Trinajstić information content (AvgIpc) is 2.26. The number of ketones is 1. The Morgan fingerprint density at radius 2 is 1.89 bits per heavy atom. The van der Waals surface area contributed by atoms with Crippen molar-refractivity contribution in [3.63, 3.8) is 0 Å². The highest BCUT2D eigenvalue weighted by atomic mass is 79.9. The van der Waals surface area contributed by atoms with Crippen molar-refractivity contribution in [3.8, 4) is 0 Å². The molecule has 1 aliphatic rings. The summed E-state index contributed by atoms with van der Waals surface area (Å²) in [5.41, 5.74) is 0.266. The van der Waals surface area contributed by atoms with Gasteiger partial charge < -0.3 is 0 Å². The predicted molar refractivity (Wildman–Crippen MR) is 75.7 cm³/mol. The fourth-order valence-electron chi connectivity index (χ4n) is 3.03. The Bertz CT molecular complexity index is 510. The molecular formula is C14H16BrNO3. The van der Waals surface area contributed by atoms with E-state index in [0.29, 0.717) is 0 Å². The molecule has 0 bridgehead atoms. The van der Waals surface area contributed by atoms with Crippen LogP contribution in [-0.2, 0) is 4.79 Å². The largest absolute Gasteiger partial charge is 0.300 e. The van der Waals surface area contributed by atoms with Crippen LogP contribution in [0.25, 0.3) is 0 Å². The van der Waals surface area contributed by atoms with E-state index in [1.807, 2.05) is 38.1 Å². The summed E-state index contributed by atoms with van der Waals surface area (Å²) in [5.74, 6) is -0.227. The van der Waals surface area contributed by atoms with Gasteiger partial charge in [0, 0.05) is 27.7 Å². The van der Waals surface area contributed by atoms with Crippen LogP contribution in [0.1, 0.15) is 38.2 Å². The Balaban J connectivity index is 2.42. The third-order valence-electron chi connectivity index (χ3n) is 3.81. The number of hydrogen-bond acceptors (Lipinski definition) is 3. The zero-order valence-electron chi connectivity index (χ0n) is 10.9. The molecule has 0 spiro atoms. The molecular weight excluding hydrogens is 310 g/mol. The summed E-state index contributed by atoms with van der Waals surface area (Å²) in [6.07, 6.45) is 0.544. The van der Waals surface area contributed by atoms with E-state index >= 15 is 0 Å². The molecule has 0 aliphatic heterocycles. The van der Waals surface area contributed by atoms with E-state index in [2.05, 4.69) is 15.9 Å². The van der Waals surface area contributed by atoms with Crippen LogP contribution >= 0.6 is 15.9 Å². The van der Waals surface area contributed by atoms with Crippen LogP contribution in [-0.4, -0.2) is 16.7 Å². The standard InChI is InChI=1S/C14H16BrNO3/c1-14(2)8-11(17)7-12(13(14)16(18)19)9-3-5-10(15)6-4-9/h3-6,12-13H,7-8H2,1-2H3/t12-,13-/m0/s1. The van der Waals surface area contributed by atoms with Gasteiger partial charge in [-0.05, 0) is 17.7 Å². The summed E-state index contributed by atoms with van der Waals surface area (Å²) in [4.78, 5) is 23.1. The van der Waals surface area contributed by atoms with Crippen molar-refractivity contribution in [2.75, 3.05) is 0 Å². The molecule has 1 saturated carbocycles. The van der Waals surface area contributed by atoms with Crippen molar-refractivity contribution >= 4 is 21.7 Å². The minimum absolute atomic E-state index is 0.107. The Hall–Kier alpha value is -1.23. The number of nitrogens with zero attached hydrogens (tertiary/aromatic N) is 1. The van der Waals surface area contributed by atoms with E-state index in [-0.39, 0.29) is 29.5 Å². The summed E-state index contributed by atoms with van der Waals surface area (Å²) < 4.78 is 0.926. The third kappa shape index (κ3) is 2.86. The van der Waals surface area contributed by atoms with Gasteiger partial charge in [0.05, 0.1) is 5.92 Å². The number of hydrogen-bond donors (Lipinski definition) is 0. The lowest BCUT2D eigenvalue weighted by Crippen LogP contribution is -2.47. The number of carbonyl (C=O) groups excluding carboxylic acids is 1. The van der Waals surface area contributed by atoms with E-state index in [1.165, 1.54) is 0 Å². The minimum Gasteiger partial charge on any atom is -0.300 e. The second kappa shape index (κ2) is 5.04. The van der Waals surface area contributed by atoms with Gasteiger partial charge in [-0.2, -0.15) is 0 Å². The molecule has 1 aromatic rings. The zero-order valence-corrected chi connectivity index (χ0v) is 12.5. The molecule has 5 heteroatoms. The van der Waals surface area contributed by atoms with Gasteiger partial charge in [0.1, 0.15) is 5.78 Å². The van der Waals surface area contributed by atoms with Crippen molar-refractivity contribution in [1.82, 2.24) is 0 Å². The number of halogens is 1. The van der Waals surface area contributed by atoms with Crippen molar-refractivity contribution in [2.24, 2.45) is 5.41 Å². The highest BCUT2D eigenvalue weighted by molar-refractivity contribution is 9.10. The summed E-state index contributed by atoms with van der Waals surface area (Å²) >= 11 is 3.35. The molecule has 0 unspecified atom stereocenters. The minimum atomic E-state index is -0.716. The van der Waals surface area contributed by atoms with Crippen molar-refractivity contribution in [2.45, 2.75) is 38.6 Å². The second-order valence-electron chi connectivity index (χ2n) is 5.80. The van der Waals surface area contributed by atoms with Gasteiger partial charge in [-0.3, -0.25) is 14.9 Å². The first kappa shape index (κ1) is 14.2. The number of carbonyl (C=O) groups is 1. The van der Waals surface area contributed by atoms with Crippen LogP contribution in [0, 0.1) is 15.5 Å². The Kier molecular flexibility index (Phi) is 3.76. The Morgan fingerprint density at radius 1 is 1.32 bits per heavy atom. The molecule has 1 aliphatic carbocycles. The molecule has 0 heterocycles. The van der Waals surface area contributed by atoms with Crippen LogP contribution in [0.5, 0.6) is 0 Å². The molecule has 1 aromatic carbocycles. The summed E-state index contributed by atoms with van der Waals surface area (Å²) in [5, 5.41) is 11.4. The normalized spacial score (nSPS) is 26.2. The van der Waals surface area contributed by atoms with Crippen LogP contribution in [0.3, 0.4) is 0 Å². The van der Waals surface area contributed by atoms with Gasteiger partial charge >= 0.3 is 0 Å². The van der Waals surface area contributed by atoms with Crippen LogP contribution in [0.2, 0.25) is 0 Å². The molecule has 2 atom stereocenters. The highest BCUT2D eigenvalue weighted by Crippen LogP contribution is 2.43. The van der Waals surface area contributed by atoms with Gasteiger partial charge in [0.15, 0.2) is 0 Å². The summed E-state index contributed by atoms with van der Waals surface area (Å²) in [6.45, 7) is 3.62. The summed E-state index contributed by atoms with van der Waals surface area (Å²) in [6, 6.07) is 6.72. The first-order chi connectivity index (χ1) is 8.81. The van der Waals surface area contributed by atoms with Gasteiger partial charge in [-0.1, -0.05) is 41.9 Å². The molecule has 2 rings (SSSR count). The molecule has 0 radical (unpaired) electrons. The maximum atomic E-state index is 11.9. The van der Waals surface area contributed by atoms with E-state index in [9.17, 15) is 14.9 Å². The SMILES string of the molecule is CC1(C)CC(=O)C[C@@H](c2ccc(Br)cc2)[C@@H]1[N+](=O)[O-]. The lowest BCUT2D eigenvalue weighted by Gasteiger charge is -2.37. The second-order valence-corrected chi connectivity index (χ2v) is 6.71. The van der Waals surface area contributed by atoms with Gasteiger partial charge in [0.2, 0.25) is 6.04 Å². The fraction of sp³-hybridized carbons (Fsp3) is 0.500. The summed E-state index contributed by atoms with van der Waals surface area (Å²) in [7, 11) is 0. The van der Waals surface area contributed by atoms with Crippen molar-refractivity contribution < 1.29 is 9.72 Å². The van der Waals surface area contributed by atoms with Crippen LogP contribution in [0.15, 0.2) is 28.7 Å². The number of nitro groups is 1. The maximum absolute atomic E-state index is 11.9. The Labute approximate surface area is 120 Å². The monoisotopic (exact) mass is 325 g/mol. The van der Waals surface area contributed by atoms with E-state index in [1.54, 1.807) is 0 Å². The molecule has 4 nitrogen and oxygen atoms in total. The molecule has 102 valence electrons. The first-order valence-corrected chi connectivity index (χ1v) is 7.01. The Morgan fingerprint density at radius 3 is 2.42 bits per heavy atom. The van der Waals surface area contributed by atoms with E-state index in [4.69, 9.17) is 0 Å². The van der Waals surface area contributed by atoms with Crippen LogP contribution < -0.4 is 0 Å². The maximum Gasteiger partial charge on any atom is 0.225 e. The van der Waals surface area contributed by atoms with Gasteiger partial charge in [-0.15, -0.1) is 0 Å². The number of rotatable bonds is 2. The average molecular weight is 326 g/mol. The van der Waals surface area contributed by atoms with Crippen LogP contribution in [0.4, 0.5) is 0 Å². The van der Waals surface area contributed by atoms with Gasteiger partial charge in [-0.25, -0.2) is 0 Å². The first-order valence-electron chi connectivity index (χ1n) is 6.22.